The Bertz CT molecular complexity index is 668. The van der Waals surface area contributed by atoms with E-state index in [-0.39, 0.29) is 5.91 Å². The lowest BCUT2D eigenvalue weighted by molar-refractivity contribution is -0.116. The molecule has 1 aromatic carbocycles. The van der Waals surface area contributed by atoms with Crippen LogP contribution in [-0.4, -0.2) is 32.4 Å². The van der Waals surface area contributed by atoms with Crippen LogP contribution in [0.15, 0.2) is 47.3 Å². The fourth-order valence-corrected chi connectivity index (χ4v) is 2.79. The number of furan rings is 1. The maximum absolute atomic E-state index is 11.8. The molecular formula is C18H21NO4S. The van der Waals surface area contributed by atoms with Gasteiger partial charge in [0, 0.05) is 29.7 Å². The second-order valence-electron chi connectivity index (χ2n) is 4.92. The molecule has 128 valence electrons. The van der Waals surface area contributed by atoms with Gasteiger partial charge in [-0.15, -0.1) is 0 Å². The number of thioether (sulfide) groups is 1. The van der Waals surface area contributed by atoms with Crippen molar-refractivity contribution in [3.63, 3.8) is 0 Å². The van der Waals surface area contributed by atoms with E-state index >= 15 is 0 Å². The largest absolute Gasteiger partial charge is 0.493 e. The third kappa shape index (κ3) is 5.70. The zero-order valence-electron chi connectivity index (χ0n) is 13.8. The number of nitrogens with one attached hydrogen (secondary N) is 1. The first-order chi connectivity index (χ1) is 11.7. The molecule has 0 unspecified atom stereocenters. The average Bonchev–Trinajstić information content (AvgIpc) is 3.12. The van der Waals surface area contributed by atoms with Crippen molar-refractivity contribution in [1.29, 1.82) is 0 Å². The molecule has 1 amide bonds. The molecule has 0 spiro atoms. The number of amides is 1. The summed E-state index contributed by atoms with van der Waals surface area (Å²) < 4.78 is 15.4. The third-order valence-corrected chi connectivity index (χ3v) is 4.26. The number of benzene rings is 1. The third-order valence-electron chi connectivity index (χ3n) is 3.23. The molecule has 1 aromatic heterocycles. The Morgan fingerprint density at radius 1 is 1.25 bits per heavy atom. The first-order valence-electron chi connectivity index (χ1n) is 7.49. The summed E-state index contributed by atoms with van der Waals surface area (Å²) in [5.41, 5.74) is 2.02. The first kappa shape index (κ1) is 18.0. The molecule has 0 saturated heterocycles. The van der Waals surface area contributed by atoms with Gasteiger partial charge in [-0.1, -0.05) is 6.07 Å². The molecule has 0 fully saturated rings. The predicted molar refractivity (Wildman–Crippen MR) is 96.5 cm³/mol. The van der Waals surface area contributed by atoms with Gasteiger partial charge in [-0.3, -0.25) is 4.79 Å². The molecule has 2 aromatic rings. The summed E-state index contributed by atoms with van der Waals surface area (Å²) in [4.78, 5) is 11.8. The fraction of sp³-hybridized carbons (Fsp3) is 0.278. The summed E-state index contributed by atoms with van der Waals surface area (Å²) in [7, 11) is 3.17. The summed E-state index contributed by atoms with van der Waals surface area (Å²) in [6.45, 7) is 0.623. The van der Waals surface area contributed by atoms with Crippen LogP contribution in [0.25, 0.3) is 6.08 Å². The minimum Gasteiger partial charge on any atom is -0.493 e. The van der Waals surface area contributed by atoms with Crippen LogP contribution in [0.2, 0.25) is 0 Å². The summed E-state index contributed by atoms with van der Waals surface area (Å²) in [6.07, 6.45) is 6.66. The van der Waals surface area contributed by atoms with Crippen molar-refractivity contribution in [1.82, 2.24) is 5.32 Å². The molecule has 1 heterocycles. The molecule has 0 aliphatic heterocycles. The molecule has 0 saturated carbocycles. The number of methoxy groups -OCH3 is 2. The normalized spacial score (nSPS) is 10.8. The number of hydrogen-bond acceptors (Lipinski definition) is 5. The van der Waals surface area contributed by atoms with Crippen LogP contribution in [0.4, 0.5) is 0 Å². The lowest BCUT2D eigenvalue weighted by Crippen LogP contribution is -2.23. The summed E-state index contributed by atoms with van der Waals surface area (Å²) in [5, 5.41) is 2.86. The molecule has 0 radical (unpaired) electrons. The van der Waals surface area contributed by atoms with Crippen LogP contribution in [0.5, 0.6) is 11.5 Å². The van der Waals surface area contributed by atoms with Gasteiger partial charge in [-0.25, -0.2) is 0 Å². The van der Waals surface area contributed by atoms with Crippen molar-refractivity contribution in [3.05, 3.63) is 54.0 Å². The van der Waals surface area contributed by atoms with Gasteiger partial charge in [0.05, 0.1) is 26.7 Å². The predicted octanol–water partition coefficient (Wildman–Crippen LogP) is 3.36. The van der Waals surface area contributed by atoms with E-state index in [0.717, 1.165) is 22.6 Å². The number of rotatable bonds is 9. The molecule has 2 rings (SSSR count). The Hall–Kier alpha value is -2.34. The quantitative estimate of drug-likeness (QED) is 0.557. The van der Waals surface area contributed by atoms with Crippen molar-refractivity contribution in [2.45, 2.75) is 5.75 Å². The van der Waals surface area contributed by atoms with Crippen LogP contribution in [0.1, 0.15) is 11.1 Å². The topological polar surface area (TPSA) is 60.7 Å². The van der Waals surface area contributed by atoms with E-state index in [1.807, 2.05) is 24.3 Å². The number of carbonyl (C=O) groups excluding carboxylic acids is 1. The molecule has 5 nitrogen and oxygen atoms in total. The molecule has 24 heavy (non-hydrogen) atoms. The minimum atomic E-state index is -0.117. The maximum atomic E-state index is 11.8. The van der Waals surface area contributed by atoms with Gasteiger partial charge >= 0.3 is 0 Å². The van der Waals surface area contributed by atoms with E-state index in [0.29, 0.717) is 18.0 Å². The van der Waals surface area contributed by atoms with Gasteiger partial charge in [0.15, 0.2) is 11.5 Å². The molecule has 0 aliphatic rings. The highest BCUT2D eigenvalue weighted by atomic mass is 32.2. The van der Waals surface area contributed by atoms with Crippen LogP contribution in [0.3, 0.4) is 0 Å². The lowest BCUT2D eigenvalue weighted by Gasteiger charge is -2.07. The van der Waals surface area contributed by atoms with E-state index in [1.165, 1.54) is 6.08 Å². The highest BCUT2D eigenvalue weighted by molar-refractivity contribution is 7.98. The zero-order valence-corrected chi connectivity index (χ0v) is 14.6. The zero-order chi connectivity index (χ0) is 17.2. The standard InChI is InChI=1S/C18H21NO4S/c1-21-16-5-3-14(11-17(16)22-2)4-6-18(20)19-8-10-24-13-15-7-9-23-12-15/h3-7,9,11-12H,8,10,13H2,1-2H3,(H,19,20)/b6-4+. The smallest absolute Gasteiger partial charge is 0.244 e. The van der Waals surface area contributed by atoms with E-state index in [9.17, 15) is 4.79 Å². The second-order valence-corrected chi connectivity index (χ2v) is 6.03. The monoisotopic (exact) mass is 347 g/mol. The second kappa shape index (κ2) is 9.72. The lowest BCUT2D eigenvalue weighted by atomic mass is 10.2. The van der Waals surface area contributed by atoms with Crippen molar-refractivity contribution >= 4 is 23.7 Å². The van der Waals surface area contributed by atoms with Gasteiger partial charge in [0.1, 0.15) is 0 Å². The van der Waals surface area contributed by atoms with E-state index < -0.39 is 0 Å². The van der Waals surface area contributed by atoms with E-state index in [1.54, 1.807) is 44.6 Å². The number of hydrogen-bond donors (Lipinski definition) is 1. The van der Waals surface area contributed by atoms with Crippen LogP contribution in [-0.2, 0) is 10.5 Å². The number of ether oxygens (including phenoxy) is 2. The Balaban J connectivity index is 1.72. The van der Waals surface area contributed by atoms with Gasteiger partial charge in [0.2, 0.25) is 5.91 Å². The van der Waals surface area contributed by atoms with E-state index in [2.05, 4.69) is 5.32 Å². The van der Waals surface area contributed by atoms with Crippen molar-refractivity contribution < 1.29 is 18.7 Å². The Morgan fingerprint density at radius 2 is 2.08 bits per heavy atom. The molecule has 1 N–H and O–H groups in total. The summed E-state index contributed by atoms with van der Waals surface area (Å²) in [5.74, 6) is 2.91. The minimum absolute atomic E-state index is 0.117. The highest BCUT2D eigenvalue weighted by Crippen LogP contribution is 2.27. The molecule has 6 heteroatoms. The summed E-state index contributed by atoms with van der Waals surface area (Å²) in [6, 6.07) is 7.44. The SMILES string of the molecule is COc1ccc(/C=C/C(=O)NCCSCc2ccoc2)cc1OC. The Labute approximate surface area is 146 Å². The van der Waals surface area contributed by atoms with E-state index in [4.69, 9.17) is 13.9 Å². The fourth-order valence-electron chi connectivity index (χ4n) is 2.00. The highest BCUT2D eigenvalue weighted by Gasteiger charge is 2.03. The van der Waals surface area contributed by atoms with Crippen molar-refractivity contribution in [2.24, 2.45) is 0 Å². The van der Waals surface area contributed by atoms with Gasteiger partial charge in [-0.05, 0) is 29.8 Å². The Kier molecular flexibility index (Phi) is 7.29. The van der Waals surface area contributed by atoms with Crippen molar-refractivity contribution in [3.8, 4) is 11.5 Å². The average molecular weight is 347 g/mol. The van der Waals surface area contributed by atoms with Gasteiger partial charge in [0.25, 0.3) is 0 Å². The van der Waals surface area contributed by atoms with Gasteiger partial charge < -0.3 is 19.2 Å². The molecule has 0 aliphatic carbocycles. The summed E-state index contributed by atoms with van der Waals surface area (Å²) >= 11 is 1.75. The van der Waals surface area contributed by atoms with Crippen molar-refractivity contribution in [2.75, 3.05) is 26.5 Å². The van der Waals surface area contributed by atoms with Crippen LogP contribution >= 0.6 is 11.8 Å². The molecule has 0 bridgehead atoms. The van der Waals surface area contributed by atoms with Crippen LogP contribution in [0, 0.1) is 0 Å². The van der Waals surface area contributed by atoms with Gasteiger partial charge in [-0.2, -0.15) is 11.8 Å². The molecular weight excluding hydrogens is 326 g/mol. The van der Waals surface area contributed by atoms with Crippen LogP contribution < -0.4 is 14.8 Å². The molecule has 0 atom stereocenters. The first-order valence-corrected chi connectivity index (χ1v) is 8.65. The maximum Gasteiger partial charge on any atom is 0.244 e. The Morgan fingerprint density at radius 3 is 2.79 bits per heavy atom. The number of carbonyl (C=O) groups is 1.